The van der Waals surface area contributed by atoms with E-state index in [9.17, 15) is 0 Å². The summed E-state index contributed by atoms with van der Waals surface area (Å²) in [6.45, 7) is 12.4. The molecule has 3 nitrogen and oxygen atoms in total. The largest absolute Gasteiger partial charge is 0.309 e. The van der Waals surface area contributed by atoms with Crippen molar-refractivity contribution in [2.24, 2.45) is 11.3 Å². The summed E-state index contributed by atoms with van der Waals surface area (Å²) in [5, 5.41) is 8.30. The minimum atomic E-state index is 0.396. The molecule has 1 aliphatic rings. The first-order valence-corrected chi connectivity index (χ1v) is 9.11. The van der Waals surface area contributed by atoms with Gasteiger partial charge in [0, 0.05) is 6.04 Å². The molecule has 1 fully saturated rings. The van der Waals surface area contributed by atoms with Gasteiger partial charge in [0.05, 0.1) is 22.4 Å². The Morgan fingerprint density at radius 1 is 1.38 bits per heavy atom. The molecule has 1 N–H and O–H groups in total. The smallest absolute Gasteiger partial charge is 0.0701 e. The van der Waals surface area contributed by atoms with Crippen LogP contribution in [0.1, 0.15) is 78.1 Å². The van der Waals surface area contributed by atoms with Crippen molar-refractivity contribution in [3.8, 4) is 0 Å². The van der Waals surface area contributed by atoms with Crippen molar-refractivity contribution in [3.05, 3.63) is 16.4 Å². The second kappa shape index (κ2) is 6.82. The van der Waals surface area contributed by atoms with E-state index in [2.05, 4.69) is 65.6 Å². The average Bonchev–Trinajstić information content (AvgIpc) is 2.78. The summed E-state index contributed by atoms with van der Waals surface area (Å²) < 4.78 is 3.32. The Labute approximate surface area is 138 Å². The maximum Gasteiger partial charge on any atom is 0.0701 e. The Bertz CT molecular complexity index is 455. The fourth-order valence-electron chi connectivity index (χ4n) is 3.51. The lowest BCUT2D eigenvalue weighted by Crippen LogP contribution is -2.34. The molecule has 4 heteroatoms. The van der Waals surface area contributed by atoms with Gasteiger partial charge in [0.1, 0.15) is 0 Å². The maximum atomic E-state index is 4.57. The van der Waals surface area contributed by atoms with Crippen molar-refractivity contribution in [2.45, 2.75) is 72.4 Å². The molecule has 1 heterocycles. The van der Waals surface area contributed by atoms with Crippen LogP contribution in [-0.2, 0) is 0 Å². The minimum absolute atomic E-state index is 0.396. The van der Waals surface area contributed by atoms with Crippen molar-refractivity contribution < 1.29 is 0 Å². The summed E-state index contributed by atoms with van der Waals surface area (Å²) in [6.07, 6.45) is 7.22. The van der Waals surface area contributed by atoms with E-state index in [1.807, 2.05) is 6.20 Å². The second-order valence-corrected chi connectivity index (χ2v) is 8.31. The van der Waals surface area contributed by atoms with E-state index < -0.39 is 0 Å². The van der Waals surface area contributed by atoms with Gasteiger partial charge < -0.3 is 5.32 Å². The first-order chi connectivity index (χ1) is 9.85. The minimum Gasteiger partial charge on any atom is -0.309 e. The summed E-state index contributed by atoms with van der Waals surface area (Å²) in [5.41, 5.74) is 1.85. The monoisotopic (exact) mass is 355 g/mol. The zero-order valence-electron chi connectivity index (χ0n) is 14.1. The van der Waals surface area contributed by atoms with Crippen LogP contribution in [0.25, 0.3) is 0 Å². The molecule has 1 atom stereocenters. The molecular formula is C17H30BrN3. The second-order valence-electron chi connectivity index (χ2n) is 7.45. The number of nitrogens with zero attached hydrogens (tertiary/aromatic N) is 2. The molecule has 21 heavy (non-hydrogen) atoms. The van der Waals surface area contributed by atoms with Crippen LogP contribution in [0.2, 0.25) is 0 Å². The van der Waals surface area contributed by atoms with Crippen molar-refractivity contribution in [2.75, 3.05) is 6.54 Å². The van der Waals surface area contributed by atoms with E-state index in [1.165, 1.54) is 31.4 Å². The van der Waals surface area contributed by atoms with Crippen LogP contribution >= 0.6 is 15.9 Å². The molecule has 1 aliphatic carbocycles. The van der Waals surface area contributed by atoms with Gasteiger partial charge in [-0.2, -0.15) is 5.10 Å². The average molecular weight is 356 g/mol. The van der Waals surface area contributed by atoms with Gasteiger partial charge in [-0.1, -0.05) is 20.8 Å². The molecule has 0 radical (unpaired) electrons. The van der Waals surface area contributed by atoms with Gasteiger partial charge in [0.15, 0.2) is 0 Å². The van der Waals surface area contributed by atoms with Crippen LogP contribution in [0.15, 0.2) is 10.7 Å². The Balaban J connectivity index is 2.25. The number of aromatic nitrogens is 2. The summed E-state index contributed by atoms with van der Waals surface area (Å²) >= 11 is 3.72. The Hall–Kier alpha value is -0.350. The summed E-state index contributed by atoms with van der Waals surface area (Å²) in [6, 6.07) is 0.804. The van der Waals surface area contributed by atoms with Gasteiger partial charge in [0.25, 0.3) is 0 Å². The van der Waals surface area contributed by atoms with Crippen LogP contribution < -0.4 is 5.32 Å². The molecule has 2 rings (SSSR count). The van der Waals surface area contributed by atoms with Gasteiger partial charge in [-0.05, 0) is 73.3 Å². The van der Waals surface area contributed by atoms with Crippen molar-refractivity contribution in [1.29, 1.82) is 0 Å². The molecule has 1 unspecified atom stereocenters. The Morgan fingerprint density at radius 2 is 2.00 bits per heavy atom. The van der Waals surface area contributed by atoms with Gasteiger partial charge >= 0.3 is 0 Å². The van der Waals surface area contributed by atoms with Crippen LogP contribution in [0.4, 0.5) is 0 Å². The zero-order valence-corrected chi connectivity index (χ0v) is 15.7. The molecular weight excluding hydrogens is 326 g/mol. The van der Waals surface area contributed by atoms with Gasteiger partial charge in [-0.3, -0.25) is 4.68 Å². The number of nitrogens with one attached hydrogen (secondary N) is 1. The van der Waals surface area contributed by atoms with Crippen molar-refractivity contribution in [1.82, 2.24) is 15.1 Å². The molecule has 0 saturated heterocycles. The maximum absolute atomic E-state index is 4.57. The number of hydrogen-bond donors (Lipinski definition) is 1. The highest BCUT2D eigenvalue weighted by Crippen LogP contribution is 2.44. The summed E-state index contributed by atoms with van der Waals surface area (Å²) in [4.78, 5) is 0. The molecule has 1 saturated carbocycles. The number of rotatable bonds is 5. The van der Waals surface area contributed by atoms with E-state index in [0.717, 1.165) is 11.0 Å². The van der Waals surface area contributed by atoms with E-state index in [4.69, 9.17) is 0 Å². The van der Waals surface area contributed by atoms with Crippen LogP contribution in [0.5, 0.6) is 0 Å². The highest BCUT2D eigenvalue weighted by molar-refractivity contribution is 9.10. The molecule has 1 aromatic heterocycles. The van der Waals surface area contributed by atoms with Gasteiger partial charge in [-0.15, -0.1) is 0 Å². The lowest BCUT2D eigenvalue weighted by atomic mass is 9.70. The van der Waals surface area contributed by atoms with Crippen LogP contribution in [0, 0.1) is 11.3 Å². The summed E-state index contributed by atoms with van der Waals surface area (Å²) in [5.74, 6) is 0.712. The van der Waals surface area contributed by atoms with E-state index >= 15 is 0 Å². The number of hydrogen-bond acceptors (Lipinski definition) is 2. The lowest BCUT2D eigenvalue weighted by molar-refractivity contribution is 0.158. The zero-order chi connectivity index (χ0) is 15.6. The molecule has 0 aromatic carbocycles. The highest BCUT2D eigenvalue weighted by Gasteiger charge is 2.34. The topological polar surface area (TPSA) is 29.9 Å². The Kier molecular flexibility index (Phi) is 5.53. The molecule has 1 aromatic rings. The van der Waals surface area contributed by atoms with E-state index in [1.54, 1.807) is 0 Å². The highest BCUT2D eigenvalue weighted by atomic mass is 79.9. The third-order valence-electron chi connectivity index (χ3n) is 4.85. The Morgan fingerprint density at radius 3 is 2.52 bits per heavy atom. The fraction of sp³-hybridized carbons (Fsp3) is 0.824. The summed E-state index contributed by atoms with van der Waals surface area (Å²) in [7, 11) is 0. The molecule has 0 amide bonds. The predicted octanol–water partition coefficient (Wildman–Crippen LogP) is 5.09. The quantitative estimate of drug-likeness (QED) is 0.796. The lowest BCUT2D eigenvalue weighted by Gasteiger charge is -2.38. The van der Waals surface area contributed by atoms with E-state index in [-0.39, 0.29) is 0 Å². The third kappa shape index (κ3) is 3.89. The first kappa shape index (κ1) is 17.0. The van der Waals surface area contributed by atoms with Crippen molar-refractivity contribution >= 4 is 15.9 Å². The van der Waals surface area contributed by atoms with Crippen LogP contribution in [-0.4, -0.2) is 16.3 Å². The van der Waals surface area contributed by atoms with Gasteiger partial charge in [0.2, 0.25) is 0 Å². The molecule has 0 spiro atoms. The SMILES string of the molecule is CCNC(c1c(Br)cnn1C(C)C)C1CCC(C)(C)CC1. The molecule has 0 aliphatic heterocycles. The fourth-order valence-corrected chi connectivity index (χ4v) is 4.03. The van der Waals surface area contributed by atoms with Gasteiger partial charge in [-0.25, -0.2) is 0 Å². The van der Waals surface area contributed by atoms with Crippen LogP contribution in [0.3, 0.4) is 0 Å². The molecule has 0 bridgehead atoms. The number of halogens is 1. The standard InChI is InChI=1S/C17H30BrN3/c1-6-19-15(13-7-9-17(4,5)10-8-13)16-14(18)11-20-21(16)12(2)3/h11-13,15,19H,6-10H2,1-5H3. The first-order valence-electron chi connectivity index (χ1n) is 8.32. The predicted molar refractivity (Wildman–Crippen MR) is 92.5 cm³/mol. The van der Waals surface area contributed by atoms with Crippen molar-refractivity contribution in [3.63, 3.8) is 0 Å². The molecule has 120 valence electrons. The van der Waals surface area contributed by atoms with E-state index in [0.29, 0.717) is 23.4 Å². The third-order valence-corrected chi connectivity index (χ3v) is 5.46. The normalized spacial score (nSPS) is 20.9.